The van der Waals surface area contributed by atoms with Gasteiger partial charge >= 0.3 is 12.0 Å². The Kier molecular flexibility index (Phi) is 7.49. The number of benzene rings is 2. The van der Waals surface area contributed by atoms with Crippen LogP contribution in [0.4, 0.5) is 10.5 Å². The van der Waals surface area contributed by atoms with E-state index in [1.165, 1.54) is 13.2 Å². The lowest BCUT2D eigenvalue weighted by atomic mass is 10.1. The fraction of sp³-hybridized carbons (Fsp3) is 0.217. The highest BCUT2D eigenvalue weighted by Gasteiger charge is 2.36. The zero-order valence-electron chi connectivity index (χ0n) is 18.1. The van der Waals surface area contributed by atoms with Crippen molar-refractivity contribution in [3.05, 3.63) is 57.6 Å². The first-order valence-corrected chi connectivity index (χ1v) is 10.7. The monoisotopic (exact) mass is 516 g/mol. The fourth-order valence-electron chi connectivity index (χ4n) is 3.02. The highest BCUT2D eigenvalue weighted by Crippen LogP contribution is 2.38. The summed E-state index contributed by atoms with van der Waals surface area (Å²) >= 11 is 3.36. The third-order valence-electron chi connectivity index (χ3n) is 4.60. The van der Waals surface area contributed by atoms with Crippen molar-refractivity contribution in [3.8, 4) is 11.5 Å². The average Bonchev–Trinajstić information content (AvgIpc) is 2.77. The second-order valence-electron chi connectivity index (χ2n) is 6.92. The molecular weight excluding hydrogens is 496 g/mol. The van der Waals surface area contributed by atoms with E-state index >= 15 is 0 Å². The van der Waals surface area contributed by atoms with E-state index < -0.39 is 23.8 Å². The van der Waals surface area contributed by atoms with Crippen molar-refractivity contribution in [2.24, 2.45) is 0 Å². The Bertz CT molecular complexity index is 1140. The van der Waals surface area contributed by atoms with Crippen molar-refractivity contribution < 1.29 is 33.4 Å². The van der Waals surface area contributed by atoms with Crippen LogP contribution in [0.15, 0.2) is 46.4 Å². The first-order valence-electron chi connectivity index (χ1n) is 9.89. The molecule has 172 valence electrons. The van der Waals surface area contributed by atoms with Crippen LogP contribution >= 0.6 is 15.9 Å². The van der Waals surface area contributed by atoms with Gasteiger partial charge in [-0.3, -0.25) is 14.9 Å². The summed E-state index contributed by atoms with van der Waals surface area (Å²) in [5.74, 6) is -1.58. The molecular formula is C23H21BrN2O7. The van der Waals surface area contributed by atoms with Crippen LogP contribution < -0.4 is 19.7 Å². The molecule has 0 aliphatic carbocycles. The van der Waals surface area contributed by atoms with Gasteiger partial charge in [-0.2, -0.15) is 0 Å². The lowest BCUT2D eigenvalue weighted by Crippen LogP contribution is -2.54. The fourth-order valence-corrected chi connectivity index (χ4v) is 3.59. The van der Waals surface area contributed by atoms with Crippen LogP contribution in [0.5, 0.6) is 11.5 Å². The summed E-state index contributed by atoms with van der Waals surface area (Å²) in [6.45, 7) is 3.62. The van der Waals surface area contributed by atoms with Gasteiger partial charge < -0.3 is 14.2 Å². The molecule has 3 rings (SSSR count). The number of hydrogen-bond acceptors (Lipinski definition) is 7. The van der Waals surface area contributed by atoms with Gasteiger partial charge in [0.25, 0.3) is 11.8 Å². The van der Waals surface area contributed by atoms with Crippen molar-refractivity contribution in [1.29, 1.82) is 0 Å². The molecule has 33 heavy (non-hydrogen) atoms. The van der Waals surface area contributed by atoms with Gasteiger partial charge in [-0.1, -0.05) is 17.7 Å². The lowest BCUT2D eigenvalue weighted by Gasteiger charge is -2.26. The second kappa shape index (κ2) is 10.3. The molecule has 10 heteroatoms. The van der Waals surface area contributed by atoms with Gasteiger partial charge in [0.05, 0.1) is 23.9 Å². The van der Waals surface area contributed by atoms with E-state index in [1.807, 2.05) is 6.92 Å². The third-order valence-corrected chi connectivity index (χ3v) is 5.19. The maximum absolute atomic E-state index is 13.1. The Balaban J connectivity index is 1.98. The SMILES string of the molecule is CCOc1cc(/C=C2\C(=O)NC(=O)N(c3ccc(C)cc3)C2=O)cc(Br)c1OCC(=O)OC. The van der Waals surface area contributed by atoms with Gasteiger partial charge in [-0.05, 0) is 65.7 Å². The van der Waals surface area contributed by atoms with Gasteiger partial charge in [0.2, 0.25) is 0 Å². The molecule has 1 N–H and O–H groups in total. The number of rotatable bonds is 7. The number of imide groups is 2. The Hall–Kier alpha value is -3.66. The molecule has 1 aliphatic rings. The standard InChI is InChI=1S/C23H21BrN2O7/c1-4-32-18-11-14(10-17(24)20(18)33-12-19(27)31-3)9-16-21(28)25-23(30)26(22(16)29)15-7-5-13(2)6-8-15/h5-11H,4,12H2,1-3H3,(H,25,28,30)/b16-9+. The van der Waals surface area contributed by atoms with Gasteiger partial charge in [0.15, 0.2) is 18.1 Å². The number of hydrogen-bond donors (Lipinski definition) is 1. The molecule has 1 saturated heterocycles. The number of nitrogens with one attached hydrogen (secondary N) is 1. The molecule has 0 bridgehead atoms. The largest absolute Gasteiger partial charge is 0.490 e. The van der Waals surface area contributed by atoms with Crippen molar-refractivity contribution in [3.63, 3.8) is 0 Å². The lowest BCUT2D eigenvalue weighted by molar-refractivity contribution is -0.143. The number of ether oxygens (including phenoxy) is 3. The number of carbonyl (C=O) groups excluding carboxylic acids is 4. The minimum absolute atomic E-state index is 0.229. The Labute approximate surface area is 198 Å². The van der Waals surface area contributed by atoms with Gasteiger partial charge in [-0.15, -0.1) is 0 Å². The highest BCUT2D eigenvalue weighted by atomic mass is 79.9. The molecule has 0 radical (unpaired) electrons. The third kappa shape index (κ3) is 5.40. The van der Waals surface area contributed by atoms with E-state index in [0.29, 0.717) is 22.3 Å². The molecule has 2 aromatic rings. The summed E-state index contributed by atoms with van der Waals surface area (Å²) in [4.78, 5) is 50.2. The molecule has 0 aromatic heterocycles. The van der Waals surface area contributed by atoms with Crippen LogP contribution in [-0.2, 0) is 19.1 Å². The second-order valence-corrected chi connectivity index (χ2v) is 7.78. The molecule has 1 fully saturated rings. The van der Waals surface area contributed by atoms with Crippen molar-refractivity contribution in [1.82, 2.24) is 5.32 Å². The van der Waals surface area contributed by atoms with Crippen LogP contribution in [0.3, 0.4) is 0 Å². The van der Waals surface area contributed by atoms with Crippen molar-refractivity contribution in [2.75, 3.05) is 25.2 Å². The summed E-state index contributed by atoms with van der Waals surface area (Å²) in [6, 6.07) is 9.09. The summed E-state index contributed by atoms with van der Waals surface area (Å²) in [6.07, 6.45) is 1.35. The summed E-state index contributed by atoms with van der Waals surface area (Å²) in [5.41, 5.74) is 1.50. The first-order chi connectivity index (χ1) is 15.7. The van der Waals surface area contributed by atoms with Gasteiger partial charge in [0.1, 0.15) is 5.57 Å². The van der Waals surface area contributed by atoms with Crippen LogP contribution in [0.2, 0.25) is 0 Å². The number of amides is 4. The van der Waals surface area contributed by atoms with E-state index in [9.17, 15) is 19.2 Å². The molecule has 1 heterocycles. The van der Waals surface area contributed by atoms with E-state index in [4.69, 9.17) is 9.47 Å². The van der Waals surface area contributed by atoms with Crippen molar-refractivity contribution in [2.45, 2.75) is 13.8 Å². The van der Waals surface area contributed by atoms with E-state index in [0.717, 1.165) is 10.5 Å². The summed E-state index contributed by atoms with van der Waals surface area (Å²) in [5, 5.41) is 2.19. The van der Waals surface area contributed by atoms with E-state index in [-0.39, 0.29) is 23.7 Å². The summed E-state index contributed by atoms with van der Waals surface area (Å²) in [7, 11) is 1.25. The molecule has 9 nitrogen and oxygen atoms in total. The van der Waals surface area contributed by atoms with Gasteiger partial charge in [0, 0.05) is 0 Å². The topological polar surface area (TPSA) is 111 Å². The molecule has 0 saturated carbocycles. The smallest absolute Gasteiger partial charge is 0.343 e. The molecule has 0 atom stereocenters. The minimum atomic E-state index is -0.825. The number of carbonyl (C=O) groups is 4. The minimum Gasteiger partial charge on any atom is -0.490 e. The normalized spacial score (nSPS) is 14.8. The number of esters is 1. The molecule has 2 aromatic carbocycles. The quantitative estimate of drug-likeness (QED) is 0.341. The van der Waals surface area contributed by atoms with Crippen molar-refractivity contribution >= 4 is 51.5 Å². The Morgan fingerprint density at radius 2 is 1.82 bits per heavy atom. The Morgan fingerprint density at radius 1 is 1.12 bits per heavy atom. The number of anilines is 1. The van der Waals surface area contributed by atoms with Crippen LogP contribution in [0.1, 0.15) is 18.1 Å². The van der Waals surface area contributed by atoms with Crippen LogP contribution in [-0.4, -0.2) is 44.1 Å². The summed E-state index contributed by atoms with van der Waals surface area (Å²) < 4.78 is 16.1. The predicted octanol–water partition coefficient (Wildman–Crippen LogP) is 3.37. The predicted molar refractivity (Wildman–Crippen MR) is 123 cm³/mol. The average molecular weight is 517 g/mol. The number of urea groups is 1. The number of barbiturate groups is 1. The van der Waals surface area contributed by atoms with Crippen LogP contribution in [0.25, 0.3) is 6.08 Å². The van der Waals surface area contributed by atoms with E-state index in [1.54, 1.807) is 43.3 Å². The zero-order chi connectivity index (χ0) is 24.1. The van der Waals surface area contributed by atoms with E-state index in [2.05, 4.69) is 26.0 Å². The number of nitrogens with zero attached hydrogens (tertiary/aromatic N) is 1. The number of halogens is 1. The molecule has 0 unspecified atom stereocenters. The zero-order valence-corrected chi connectivity index (χ0v) is 19.7. The molecule has 1 aliphatic heterocycles. The maximum Gasteiger partial charge on any atom is 0.343 e. The number of aryl methyl sites for hydroxylation is 1. The highest BCUT2D eigenvalue weighted by molar-refractivity contribution is 9.10. The van der Waals surface area contributed by atoms with Crippen LogP contribution in [0, 0.1) is 6.92 Å². The first kappa shape index (κ1) is 24.0. The number of methoxy groups -OCH3 is 1. The Morgan fingerprint density at radius 3 is 2.45 bits per heavy atom. The molecule has 4 amide bonds. The maximum atomic E-state index is 13.1. The molecule has 0 spiro atoms. The van der Waals surface area contributed by atoms with Gasteiger partial charge in [-0.25, -0.2) is 14.5 Å².